The first kappa shape index (κ1) is 12.4. The highest BCUT2D eigenvalue weighted by molar-refractivity contribution is 5.99. The molecule has 2 fully saturated rings. The number of carbonyl (C=O) groups excluding carboxylic acids is 1. The van der Waals surface area contributed by atoms with E-state index in [1.54, 1.807) is 0 Å². The zero-order valence-corrected chi connectivity index (χ0v) is 11.0. The molecule has 0 bridgehead atoms. The van der Waals surface area contributed by atoms with Gasteiger partial charge in [-0.3, -0.25) is 10.1 Å². The van der Waals surface area contributed by atoms with Gasteiger partial charge in [-0.15, -0.1) is 5.10 Å². The summed E-state index contributed by atoms with van der Waals surface area (Å²) in [7, 11) is 0. The van der Waals surface area contributed by atoms with Crippen LogP contribution in [0.25, 0.3) is 0 Å². The molecule has 7 heteroatoms. The molecule has 1 aromatic rings. The van der Waals surface area contributed by atoms with Crippen molar-refractivity contribution in [3.63, 3.8) is 0 Å². The topological polar surface area (TPSA) is 103 Å². The van der Waals surface area contributed by atoms with Crippen LogP contribution in [0.15, 0.2) is 12.4 Å². The highest BCUT2D eigenvalue weighted by Crippen LogP contribution is 2.58. The molecule has 0 aromatic carbocycles. The first-order chi connectivity index (χ1) is 8.98. The zero-order chi connectivity index (χ0) is 13.7. The van der Waals surface area contributed by atoms with E-state index in [1.165, 1.54) is 12.4 Å². The number of hydrogen-bond acceptors (Lipinski definition) is 6. The molecular weight excluding hydrogens is 246 g/mol. The molecule has 102 valence electrons. The third-order valence-electron chi connectivity index (χ3n) is 4.54. The van der Waals surface area contributed by atoms with Gasteiger partial charge in [-0.1, -0.05) is 13.8 Å². The number of aromatic nitrogens is 3. The van der Waals surface area contributed by atoms with Crippen molar-refractivity contribution >= 4 is 11.9 Å². The van der Waals surface area contributed by atoms with Crippen LogP contribution in [0.3, 0.4) is 0 Å². The molecule has 0 spiro atoms. The van der Waals surface area contributed by atoms with E-state index in [-0.39, 0.29) is 23.9 Å². The zero-order valence-electron chi connectivity index (χ0n) is 11.0. The van der Waals surface area contributed by atoms with Gasteiger partial charge in [0.05, 0.1) is 18.5 Å². The van der Waals surface area contributed by atoms with Crippen LogP contribution in [-0.2, 0) is 9.53 Å². The Balaban J connectivity index is 1.83. The van der Waals surface area contributed by atoms with Crippen molar-refractivity contribution < 1.29 is 9.53 Å². The summed E-state index contributed by atoms with van der Waals surface area (Å²) in [5.74, 6) is -0.0353. The number of amides is 1. The molecule has 3 atom stereocenters. The fourth-order valence-corrected chi connectivity index (χ4v) is 3.36. The monoisotopic (exact) mass is 263 g/mol. The second-order valence-electron chi connectivity index (χ2n) is 5.70. The Morgan fingerprint density at radius 3 is 3.00 bits per heavy atom. The third kappa shape index (κ3) is 1.51. The van der Waals surface area contributed by atoms with E-state index >= 15 is 0 Å². The Labute approximate surface area is 110 Å². The molecule has 2 heterocycles. The van der Waals surface area contributed by atoms with E-state index in [9.17, 15) is 4.79 Å². The van der Waals surface area contributed by atoms with Crippen LogP contribution >= 0.6 is 0 Å². The minimum absolute atomic E-state index is 0.0538. The number of nitrogens with zero attached hydrogens (tertiary/aromatic N) is 3. The normalized spacial score (nSPS) is 35.3. The predicted molar refractivity (Wildman–Crippen MR) is 67.0 cm³/mol. The van der Waals surface area contributed by atoms with Gasteiger partial charge in [-0.25, -0.2) is 4.98 Å². The van der Waals surface area contributed by atoms with E-state index in [0.29, 0.717) is 6.61 Å². The first-order valence-electron chi connectivity index (χ1n) is 6.33. The number of fused-ring (bicyclic) bond motifs is 1. The lowest BCUT2D eigenvalue weighted by molar-refractivity contribution is -0.170. The van der Waals surface area contributed by atoms with Gasteiger partial charge in [0.25, 0.3) is 0 Å². The van der Waals surface area contributed by atoms with Crippen molar-refractivity contribution in [2.45, 2.75) is 31.9 Å². The summed E-state index contributed by atoms with van der Waals surface area (Å²) in [4.78, 5) is 16.4. The third-order valence-corrected chi connectivity index (χ3v) is 4.54. The maximum atomic E-state index is 12.5. The minimum atomic E-state index is -0.951. The van der Waals surface area contributed by atoms with E-state index < -0.39 is 11.0 Å². The Morgan fingerprint density at radius 2 is 2.32 bits per heavy atom. The van der Waals surface area contributed by atoms with Gasteiger partial charge in [0, 0.05) is 17.9 Å². The highest BCUT2D eigenvalue weighted by atomic mass is 16.5. The second kappa shape index (κ2) is 3.94. The summed E-state index contributed by atoms with van der Waals surface area (Å²) >= 11 is 0. The number of carbonyl (C=O) groups is 1. The van der Waals surface area contributed by atoms with Crippen LogP contribution in [0.1, 0.15) is 20.3 Å². The van der Waals surface area contributed by atoms with Crippen molar-refractivity contribution in [1.29, 1.82) is 0 Å². The Kier molecular flexibility index (Phi) is 2.58. The molecule has 2 aliphatic rings. The molecule has 3 unspecified atom stereocenters. The largest absolute Gasteiger partial charge is 0.377 e. The molecule has 1 saturated heterocycles. The lowest BCUT2D eigenvalue weighted by Crippen LogP contribution is -2.79. The van der Waals surface area contributed by atoms with Gasteiger partial charge < -0.3 is 10.5 Å². The number of nitrogens with two attached hydrogens (primary N) is 1. The summed E-state index contributed by atoms with van der Waals surface area (Å²) in [6.07, 6.45) is 3.78. The van der Waals surface area contributed by atoms with Crippen molar-refractivity contribution in [2.75, 3.05) is 11.9 Å². The number of anilines is 1. The van der Waals surface area contributed by atoms with Gasteiger partial charge in [-0.2, -0.15) is 5.10 Å². The molecule has 1 saturated carbocycles. The minimum Gasteiger partial charge on any atom is -0.377 e. The Morgan fingerprint density at radius 1 is 1.53 bits per heavy atom. The average Bonchev–Trinajstić information content (AvgIpc) is 2.87. The molecule has 3 N–H and O–H groups in total. The van der Waals surface area contributed by atoms with E-state index in [2.05, 4.69) is 20.5 Å². The molecule has 19 heavy (non-hydrogen) atoms. The molecule has 7 nitrogen and oxygen atoms in total. The fourth-order valence-electron chi connectivity index (χ4n) is 3.36. The molecule has 3 rings (SSSR count). The van der Waals surface area contributed by atoms with Gasteiger partial charge in [0.2, 0.25) is 11.9 Å². The van der Waals surface area contributed by atoms with E-state index in [4.69, 9.17) is 10.5 Å². The number of rotatable bonds is 2. The van der Waals surface area contributed by atoms with Gasteiger partial charge in [0.1, 0.15) is 5.54 Å². The summed E-state index contributed by atoms with van der Waals surface area (Å²) in [5.41, 5.74) is 5.04. The molecule has 0 radical (unpaired) electrons. The Bertz CT molecular complexity index is 506. The van der Waals surface area contributed by atoms with Crippen molar-refractivity contribution in [1.82, 2.24) is 15.2 Å². The lowest BCUT2D eigenvalue weighted by atomic mass is 9.48. The van der Waals surface area contributed by atoms with Gasteiger partial charge >= 0.3 is 0 Å². The van der Waals surface area contributed by atoms with Crippen molar-refractivity contribution in [2.24, 2.45) is 17.1 Å². The number of nitrogens with one attached hydrogen (secondary N) is 1. The van der Waals surface area contributed by atoms with Crippen LogP contribution in [0.5, 0.6) is 0 Å². The SMILES string of the molecule is CC1(C)C2OCCC2C1(N)C(=O)Nc1nccnn1. The summed E-state index contributed by atoms with van der Waals surface area (Å²) in [5, 5.41) is 10.1. The molecule has 1 aromatic heterocycles. The summed E-state index contributed by atoms with van der Waals surface area (Å²) in [6, 6.07) is 0. The van der Waals surface area contributed by atoms with Gasteiger partial charge in [0.15, 0.2) is 0 Å². The van der Waals surface area contributed by atoms with Gasteiger partial charge in [-0.05, 0) is 6.42 Å². The predicted octanol–water partition coefficient (Wildman–Crippen LogP) is -0.0475. The number of hydrogen-bond donors (Lipinski definition) is 2. The maximum absolute atomic E-state index is 12.5. The average molecular weight is 263 g/mol. The fraction of sp³-hybridized carbons (Fsp3) is 0.667. The van der Waals surface area contributed by atoms with Crippen LogP contribution in [0, 0.1) is 11.3 Å². The van der Waals surface area contributed by atoms with E-state index in [1.807, 2.05) is 13.8 Å². The van der Waals surface area contributed by atoms with E-state index in [0.717, 1.165) is 6.42 Å². The van der Waals surface area contributed by atoms with Crippen molar-refractivity contribution in [3.8, 4) is 0 Å². The first-order valence-corrected chi connectivity index (χ1v) is 6.33. The highest BCUT2D eigenvalue weighted by Gasteiger charge is 2.71. The molecular formula is C12H17N5O2. The summed E-state index contributed by atoms with van der Waals surface area (Å²) < 4.78 is 5.66. The molecule has 1 amide bonds. The Hall–Kier alpha value is -1.60. The smallest absolute Gasteiger partial charge is 0.249 e. The summed E-state index contributed by atoms with van der Waals surface area (Å²) in [6.45, 7) is 4.58. The van der Waals surface area contributed by atoms with Crippen LogP contribution in [0.4, 0.5) is 5.95 Å². The van der Waals surface area contributed by atoms with Crippen LogP contribution < -0.4 is 11.1 Å². The maximum Gasteiger partial charge on any atom is 0.249 e. The molecule has 1 aliphatic heterocycles. The lowest BCUT2D eigenvalue weighted by Gasteiger charge is -2.60. The quantitative estimate of drug-likeness (QED) is 0.775. The van der Waals surface area contributed by atoms with Crippen molar-refractivity contribution in [3.05, 3.63) is 12.4 Å². The molecule has 1 aliphatic carbocycles. The van der Waals surface area contributed by atoms with Crippen LogP contribution in [-0.4, -0.2) is 39.3 Å². The standard InChI is InChI=1S/C12H17N5O2/c1-11(2)8-7(3-6-19-8)12(11,13)9(18)16-10-14-4-5-15-17-10/h4-5,7-8H,3,6,13H2,1-2H3,(H,14,16,17,18). The van der Waals surface area contributed by atoms with Crippen LogP contribution in [0.2, 0.25) is 0 Å². The number of ether oxygens (including phenoxy) is 1. The second-order valence-corrected chi connectivity index (χ2v) is 5.70.